The summed E-state index contributed by atoms with van der Waals surface area (Å²) in [5.74, 6) is 0.895. The molecule has 0 bridgehead atoms. The zero-order valence-corrected chi connectivity index (χ0v) is 15.3. The third-order valence-corrected chi connectivity index (χ3v) is 8.61. The molecule has 0 spiro atoms. The average Bonchev–Trinajstić information content (AvgIpc) is 2.87. The molecule has 1 N–H and O–H groups in total. The lowest BCUT2D eigenvalue weighted by molar-refractivity contribution is 0.417. The molecule has 1 aliphatic rings. The number of thiophene rings is 1. The quantitative estimate of drug-likeness (QED) is 0.859. The van der Waals surface area contributed by atoms with Gasteiger partial charge in [-0.05, 0) is 31.5 Å². The van der Waals surface area contributed by atoms with E-state index >= 15 is 0 Å². The van der Waals surface area contributed by atoms with E-state index in [2.05, 4.69) is 19.2 Å². The SMILES string of the molecule is CCNCc1sc(S(=O)(=O)N2CCSC(CC)C2)cc1C. The van der Waals surface area contributed by atoms with Crippen LogP contribution in [0, 0.1) is 6.92 Å². The number of rotatable bonds is 6. The molecule has 1 unspecified atom stereocenters. The summed E-state index contributed by atoms with van der Waals surface area (Å²) >= 11 is 3.29. The number of hydrogen-bond donors (Lipinski definition) is 1. The summed E-state index contributed by atoms with van der Waals surface area (Å²) in [6.45, 7) is 9.07. The number of nitrogens with one attached hydrogen (secondary N) is 1. The van der Waals surface area contributed by atoms with Gasteiger partial charge in [0.15, 0.2) is 0 Å². The number of hydrogen-bond acceptors (Lipinski definition) is 5. The molecular weight excluding hydrogens is 324 g/mol. The smallest absolute Gasteiger partial charge is 0.252 e. The van der Waals surface area contributed by atoms with Crippen molar-refractivity contribution in [1.82, 2.24) is 9.62 Å². The summed E-state index contributed by atoms with van der Waals surface area (Å²) in [5.41, 5.74) is 1.07. The summed E-state index contributed by atoms with van der Waals surface area (Å²) in [7, 11) is -3.32. The van der Waals surface area contributed by atoms with Crippen molar-refractivity contribution in [1.29, 1.82) is 0 Å². The first-order valence-electron chi connectivity index (χ1n) is 7.40. The van der Waals surface area contributed by atoms with Crippen molar-refractivity contribution in [2.45, 2.75) is 43.2 Å². The minimum absolute atomic E-state index is 0.427. The highest BCUT2D eigenvalue weighted by atomic mass is 32.2. The van der Waals surface area contributed by atoms with E-state index in [-0.39, 0.29) is 0 Å². The molecule has 2 heterocycles. The Hall–Kier alpha value is -0.0800. The minimum atomic E-state index is -3.32. The highest BCUT2D eigenvalue weighted by molar-refractivity contribution is 8.00. The number of sulfonamides is 1. The zero-order chi connectivity index (χ0) is 15.5. The van der Waals surface area contributed by atoms with E-state index in [0.717, 1.165) is 35.7 Å². The van der Waals surface area contributed by atoms with Gasteiger partial charge >= 0.3 is 0 Å². The predicted molar refractivity (Wildman–Crippen MR) is 91.7 cm³/mol. The molecule has 21 heavy (non-hydrogen) atoms. The molecule has 0 aliphatic carbocycles. The maximum atomic E-state index is 12.8. The van der Waals surface area contributed by atoms with Crippen LogP contribution in [0.5, 0.6) is 0 Å². The van der Waals surface area contributed by atoms with Gasteiger partial charge in [0.2, 0.25) is 0 Å². The molecule has 1 atom stereocenters. The monoisotopic (exact) mass is 348 g/mol. The van der Waals surface area contributed by atoms with Crippen molar-refractivity contribution in [2.75, 3.05) is 25.4 Å². The summed E-state index contributed by atoms with van der Waals surface area (Å²) in [6, 6.07) is 1.83. The molecule has 1 fully saturated rings. The zero-order valence-electron chi connectivity index (χ0n) is 12.9. The molecule has 0 aromatic carbocycles. The third-order valence-electron chi connectivity index (χ3n) is 3.68. The summed E-state index contributed by atoms with van der Waals surface area (Å²) in [5, 5.41) is 3.69. The molecule has 0 amide bonds. The molecule has 0 saturated carbocycles. The number of thioether (sulfide) groups is 1. The van der Waals surface area contributed by atoms with Crippen molar-refractivity contribution < 1.29 is 8.42 Å². The first kappa shape index (κ1) is 17.3. The van der Waals surface area contributed by atoms with E-state index < -0.39 is 10.0 Å². The van der Waals surface area contributed by atoms with Gasteiger partial charge in [0.1, 0.15) is 4.21 Å². The van der Waals surface area contributed by atoms with Crippen molar-refractivity contribution in [2.24, 2.45) is 0 Å². The first-order chi connectivity index (χ1) is 9.98. The highest BCUT2D eigenvalue weighted by Crippen LogP contribution is 2.31. The summed E-state index contributed by atoms with van der Waals surface area (Å²) in [4.78, 5) is 1.12. The van der Waals surface area contributed by atoms with Crippen LogP contribution in [0.2, 0.25) is 0 Å². The topological polar surface area (TPSA) is 49.4 Å². The summed E-state index contributed by atoms with van der Waals surface area (Å²) < 4.78 is 27.8. The van der Waals surface area contributed by atoms with Crippen LogP contribution < -0.4 is 5.32 Å². The van der Waals surface area contributed by atoms with E-state index in [1.54, 1.807) is 4.31 Å². The molecular formula is C14H24N2O2S3. The van der Waals surface area contributed by atoms with Gasteiger partial charge in [-0.25, -0.2) is 8.42 Å². The fourth-order valence-corrected chi connectivity index (χ4v) is 6.90. The van der Waals surface area contributed by atoms with Crippen LogP contribution >= 0.6 is 23.1 Å². The maximum Gasteiger partial charge on any atom is 0.252 e. The Balaban J connectivity index is 2.19. The fourth-order valence-electron chi connectivity index (χ4n) is 2.31. The van der Waals surface area contributed by atoms with Gasteiger partial charge in [-0.3, -0.25) is 0 Å². The van der Waals surface area contributed by atoms with Crippen LogP contribution in [-0.2, 0) is 16.6 Å². The molecule has 4 nitrogen and oxygen atoms in total. The Kier molecular flexibility index (Phi) is 6.14. The second-order valence-corrected chi connectivity index (χ2v) is 9.93. The van der Waals surface area contributed by atoms with Gasteiger partial charge in [-0.2, -0.15) is 16.1 Å². The van der Waals surface area contributed by atoms with Crippen molar-refractivity contribution in [3.05, 3.63) is 16.5 Å². The molecule has 7 heteroatoms. The van der Waals surface area contributed by atoms with Gasteiger partial charge < -0.3 is 5.32 Å². The molecule has 2 rings (SSSR count). The largest absolute Gasteiger partial charge is 0.312 e. The van der Waals surface area contributed by atoms with Crippen LogP contribution in [-0.4, -0.2) is 43.4 Å². The Morgan fingerprint density at radius 3 is 2.86 bits per heavy atom. The standard InChI is InChI=1S/C14H24N2O2S3/c1-4-12-10-16(6-7-19-12)21(17,18)14-8-11(3)13(20-14)9-15-5-2/h8,12,15H,4-7,9-10H2,1-3H3. The van der Waals surface area contributed by atoms with E-state index in [1.807, 2.05) is 24.8 Å². The van der Waals surface area contributed by atoms with Gasteiger partial charge in [-0.1, -0.05) is 13.8 Å². The molecule has 0 radical (unpaired) electrons. The van der Waals surface area contributed by atoms with E-state index in [1.165, 1.54) is 11.3 Å². The van der Waals surface area contributed by atoms with Gasteiger partial charge in [-0.15, -0.1) is 11.3 Å². The third kappa shape index (κ3) is 4.01. The van der Waals surface area contributed by atoms with E-state index in [9.17, 15) is 8.42 Å². The van der Waals surface area contributed by atoms with Crippen LogP contribution in [0.25, 0.3) is 0 Å². The van der Waals surface area contributed by atoms with Crippen LogP contribution in [0.15, 0.2) is 10.3 Å². The van der Waals surface area contributed by atoms with Gasteiger partial charge in [0, 0.05) is 35.5 Å². The lowest BCUT2D eigenvalue weighted by Crippen LogP contribution is -2.41. The molecule has 1 saturated heterocycles. The Morgan fingerprint density at radius 2 is 2.19 bits per heavy atom. The van der Waals surface area contributed by atoms with Crippen molar-refractivity contribution >= 4 is 33.1 Å². The predicted octanol–water partition coefficient (Wildman–Crippen LogP) is 2.68. The second kappa shape index (κ2) is 7.46. The fraction of sp³-hybridized carbons (Fsp3) is 0.714. The first-order valence-corrected chi connectivity index (χ1v) is 10.7. The lowest BCUT2D eigenvalue weighted by atomic mass is 10.3. The average molecular weight is 349 g/mol. The lowest BCUT2D eigenvalue weighted by Gasteiger charge is -2.30. The second-order valence-electron chi connectivity index (χ2n) is 5.22. The van der Waals surface area contributed by atoms with Gasteiger partial charge in [0.05, 0.1) is 0 Å². The Labute approximate surface area is 136 Å². The number of aryl methyl sites for hydroxylation is 1. The van der Waals surface area contributed by atoms with Crippen LogP contribution in [0.4, 0.5) is 0 Å². The van der Waals surface area contributed by atoms with Crippen molar-refractivity contribution in [3.63, 3.8) is 0 Å². The molecule has 1 aliphatic heterocycles. The normalized spacial score (nSPS) is 20.8. The van der Waals surface area contributed by atoms with Crippen LogP contribution in [0.3, 0.4) is 0 Å². The minimum Gasteiger partial charge on any atom is -0.312 e. The summed E-state index contributed by atoms with van der Waals surface area (Å²) in [6.07, 6.45) is 1.02. The maximum absolute atomic E-state index is 12.8. The Bertz CT molecular complexity index is 569. The molecule has 1 aromatic rings. The molecule has 1 aromatic heterocycles. The van der Waals surface area contributed by atoms with Crippen LogP contribution in [0.1, 0.15) is 30.7 Å². The van der Waals surface area contributed by atoms with E-state index in [4.69, 9.17) is 0 Å². The van der Waals surface area contributed by atoms with E-state index in [0.29, 0.717) is 22.5 Å². The highest BCUT2D eigenvalue weighted by Gasteiger charge is 2.31. The van der Waals surface area contributed by atoms with Gasteiger partial charge in [0.25, 0.3) is 10.0 Å². The number of nitrogens with zero attached hydrogens (tertiary/aromatic N) is 1. The van der Waals surface area contributed by atoms with Crippen molar-refractivity contribution in [3.8, 4) is 0 Å². The Morgan fingerprint density at radius 1 is 1.43 bits per heavy atom. The molecule has 120 valence electrons.